The van der Waals surface area contributed by atoms with Gasteiger partial charge in [-0.05, 0) is 18.2 Å². The Morgan fingerprint density at radius 3 is 2.62 bits per heavy atom. The third kappa shape index (κ3) is 3.60. The highest BCUT2D eigenvalue weighted by Gasteiger charge is 2.07. The first-order chi connectivity index (χ1) is 11.8. The number of rotatable bonds is 5. The minimum atomic E-state index is 0.514. The lowest BCUT2D eigenvalue weighted by Crippen LogP contribution is -2.37. The molecule has 0 saturated heterocycles. The molecule has 8 nitrogen and oxygen atoms in total. The molecule has 3 aromatic rings. The minimum absolute atomic E-state index is 0.514. The van der Waals surface area contributed by atoms with Gasteiger partial charge in [-0.25, -0.2) is 0 Å². The van der Waals surface area contributed by atoms with Crippen molar-refractivity contribution in [3.05, 3.63) is 60.4 Å². The fraction of sp³-hybridized carbons (Fsp3) is 0.250. The first-order valence-corrected chi connectivity index (χ1v) is 7.63. The molecule has 2 aromatic heterocycles. The van der Waals surface area contributed by atoms with Gasteiger partial charge in [-0.15, -0.1) is 10.2 Å². The fourth-order valence-corrected chi connectivity index (χ4v) is 2.32. The van der Waals surface area contributed by atoms with Gasteiger partial charge in [-0.3, -0.25) is 14.2 Å². The van der Waals surface area contributed by atoms with E-state index in [1.807, 2.05) is 52.7 Å². The second-order valence-corrected chi connectivity index (χ2v) is 5.18. The Morgan fingerprint density at radius 1 is 1.12 bits per heavy atom. The second kappa shape index (κ2) is 7.40. The lowest BCUT2D eigenvalue weighted by molar-refractivity contribution is 0.680. The van der Waals surface area contributed by atoms with Crippen LogP contribution in [-0.2, 0) is 20.1 Å². The van der Waals surface area contributed by atoms with Crippen molar-refractivity contribution < 1.29 is 0 Å². The average Bonchev–Trinajstić information content (AvgIpc) is 3.25. The van der Waals surface area contributed by atoms with Crippen molar-refractivity contribution >= 4 is 5.96 Å². The van der Waals surface area contributed by atoms with E-state index in [0.29, 0.717) is 19.0 Å². The largest absolute Gasteiger partial charge is 0.351 e. The molecule has 24 heavy (non-hydrogen) atoms. The average molecular weight is 324 g/mol. The Kier molecular flexibility index (Phi) is 4.85. The number of hydrogen-bond acceptors (Lipinski definition) is 4. The van der Waals surface area contributed by atoms with Crippen LogP contribution in [0.15, 0.2) is 53.9 Å². The van der Waals surface area contributed by atoms with Crippen molar-refractivity contribution in [1.29, 1.82) is 0 Å². The summed E-state index contributed by atoms with van der Waals surface area (Å²) in [5, 5.41) is 18.8. The molecule has 0 aliphatic carbocycles. The Bertz CT molecular complexity index is 802. The summed E-state index contributed by atoms with van der Waals surface area (Å²) in [7, 11) is 3.65. The smallest absolute Gasteiger partial charge is 0.191 e. The van der Waals surface area contributed by atoms with Crippen molar-refractivity contribution in [2.24, 2.45) is 12.0 Å². The molecule has 8 heteroatoms. The maximum Gasteiger partial charge on any atom is 0.191 e. The number of aryl methyl sites for hydroxylation is 1. The van der Waals surface area contributed by atoms with Gasteiger partial charge in [0.2, 0.25) is 0 Å². The summed E-state index contributed by atoms with van der Waals surface area (Å²) in [6.45, 7) is 1.15. The number of para-hydroxylation sites is 1. The monoisotopic (exact) mass is 324 g/mol. The van der Waals surface area contributed by atoms with Gasteiger partial charge in [-0.1, -0.05) is 18.2 Å². The predicted molar refractivity (Wildman–Crippen MR) is 91.6 cm³/mol. The first kappa shape index (κ1) is 15.7. The van der Waals surface area contributed by atoms with E-state index in [-0.39, 0.29) is 0 Å². The van der Waals surface area contributed by atoms with E-state index >= 15 is 0 Å². The minimum Gasteiger partial charge on any atom is -0.351 e. The van der Waals surface area contributed by atoms with Crippen molar-refractivity contribution in [2.45, 2.75) is 13.1 Å². The molecule has 0 aliphatic rings. The van der Waals surface area contributed by atoms with Gasteiger partial charge in [0.1, 0.15) is 6.33 Å². The zero-order valence-electron chi connectivity index (χ0n) is 13.7. The van der Waals surface area contributed by atoms with Crippen molar-refractivity contribution in [1.82, 2.24) is 35.2 Å². The van der Waals surface area contributed by atoms with Gasteiger partial charge in [0, 0.05) is 26.0 Å². The molecule has 0 radical (unpaired) electrons. The van der Waals surface area contributed by atoms with Crippen LogP contribution < -0.4 is 10.6 Å². The maximum atomic E-state index is 4.23. The number of aromatic nitrogens is 5. The van der Waals surface area contributed by atoms with Gasteiger partial charge in [0.05, 0.1) is 18.8 Å². The SMILES string of the molecule is CN=C(NCc1nncn1-c1ccccc1)NCc1ccnn1C. The molecule has 124 valence electrons. The summed E-state index contributed by atoms with van der Waals surface area (Å²) < 4.78 is 3.77. The highest BCUT2D eigenvalue weighted by molar-refractivity contribution is 5.79. The van der Waals surface area contributed by atoms with E-state index in [1.165, 1.54) is 0 Å². The zero-order chi connectivity index (χ0) is 16.8. The van der Waals surface area contributed by atoms with E-state index in [1.54, 1.807) is 19.6 Å². The molecule has 0 aliphatic heterocycles. The normalized spacial score (nSPS) is 11.5. The van der Waals surface area contributed by atoms with Gasteiger partial charge < -0.3 is 10.6 Å². The summed E-state index contributed by atoms with van der Waals surface area (Å²) in [6, 6.07) is 12.0. The van der Waals surface area contributed by atoms with E-state index in [2.05, 4.69) is 30.9 Å². The zero-order valence-corrected chi connectivity index (χ0v) is 13.7. The fourth-order valence-electron chi connectivity index (χ4n) is 2.32. The van der Waals surface area contributed by atoms with Crippen LogP contribution >= 0.6 is 0 Å². The third-order valence-corrected chi connectivity index (χ3v) is 3.65. The van der Waals surface area contributed by atoms with E-state index in [9.17, 15) is 0 Å². The highest BCUT2D eigenvalue weighted by Crippen LogP contribution is 2.08. The summed E-state index contributed by atoms with van der Waals surface area (Å²) >= 11 is 0. The van der Waals surface area contributed by atoms with Gasteiger partial charge >= 0.3 is 0 Å². The Morgan fingerprint density at radius 2 is 1.92 bits per heavy atom. The summed E-state index contributed by atoms with van der Waals surface area (Å²) in [5.41, 5.74) is 2.10. The number of benzene rings is 1. The summed E-state index contributed by atoms with van der Waals surface area (Å²) in [6.07, 6.45) is 3.48. The van der Waals surface area contributed by atoms with Crippen LogP contribution in [0.5, 0.6) is 0 Å². The molecule has 0 spiro atoms. The number of aliphatic imine (C=N–C) groups is 1. The number of nitrogens with zero attached hydrogens (tertiary/aromatic N) is 6. The van der Waals surface area contributed by atoms with Crippen molar-refractivity contribution in [3.8, 4) is 5.69 Å². The second-order valence-electron chi connectivity index (χ2n) is 5.18. The molecule has 2 heterocycles. The predicted octanol–water partition coefficient (Wildman–Crippen LogP) is 0.866. The first-order valence-electron chi connectivity index (χ1n) is 7.63. The molecule has 0 fully saturated rings. The van der Waals surface area contributed by atoms with Crippen LogP contribution in [0.1, 0.15) is 11.5 Å². The van der Waals surface area contributed by atoms with Crippen LogP contribution in [0.4, 0.5) is 0 Å². The standard InChI is InChI=1S/C16H20N8/c1-17-16(18-10-14-8-9-21-23(14)2)19-11-15-22-20-12-24(15)13-6-4-3-5-7-13/h3-9,12H,10-11H2,1-2H3,(H2,17,18,19). The van der Waals surface area contributed by atoms with Crippen LogP contribution in [0, 0.1) is 0 Å². The molecule has 0 bridgehead atoms. The van der Waals surface area contributed by atoms with E-state index in [4.69, 9.17) is 0 Å². The Balaban J connectivity index is 1.61. The lowest BCUT2D eigenvalue weighted by Gasteiger charge is -2.12. The molecule has 1 aromatic carbocycles. The molecule has 0 amide bonds. The molecule has 3 rings (SSSR count). The van der Waals surface area contributed by atoms with Crippen molar-refractivity contribution in [3.63, 3.8) is 0 Å². The molecule has 0 saturated carbocycles. The number of nitrogens with one attached hydrogen (secondary N) is 2. The molecular weight excluding hydrogens is 304 g/mol. The van der Waals surface area contributed by atoms with E-state index in [0.717, 1.165) is 17.2 Å². The number of guanidine groups is 1. The summed E-state index contributed by atoms with van der Waals surface area (Å²) in [5.74, 6) is 1.50. The highest BCUT2D eigenvalue weighted by atomic mass is 15.3. The van der Waals surface area contributed by atoms with Gasteiger partial charge in [-0.2, -0.15) is 5.10 Å². The van der Waals surface area contributed by atoms with Crippen LogP contribution in [0.2, 0.25) is 0 Å². The number of hydrogen-bond donors (Lipinski definition) is 2. The van der Waals surface area contributed by atoms with Gasteiger partial charge in [0.15, 0.2) is 11.8 Å². The lowest BCUT2D eigenvalue weighted by atomic mass is 10.3. The van der Waals surface area contributed by atoms with Gasteiger partial charge in [0.25, 0.3) is 0 Å². The molecule has 2 N–H and O–H groups in total. The maximum absolute atomic E-state index is 4.23. The van der Waals surface area contributed by atoms with Crippen LogP contribution in [0.25, 0.3) is 5.69 Å². The molecular formula is C16H20N8. The topological polar surface area (TPSA) is 84.9 Å². The van der Waals surface area contributed by atoms with Crippen molar-refractivity contribution in [2.75, 3.05) is 7.05 Å². The third-order valence-electron chi connectivity index (χ3n) is 3.65. The van der Waals surface area contributed by atoms with Crippen LogP contribution in [0.3, 0.4) is 0 Å². The molecule has 0 unspecified atom stereocenters. The summed E-state index contributed by atoms with van der Waals surface area (Å²) in [4.78, 5) is 4.23. The molecule has 0 atom stereocenters. The Labute approximate surface area is 140 Å². The van der Waals surface area contributed by atoms with E-state index < -0.39 is 0 Å². The quantitative estimate of drug-likeness (QED) is 0.537. The van der Waals surface area contributed by atoms with Crippen LogP contribution in [-0.4, -0.2) is 37.6 Å². The Hall–Kier alpha value is -3.16.